The number of hydrogen-bond donors (Lipinski definition) is 0. The van der Waals surface area contributed by atoms with Crippen LogP contribution in [0.3, 0.4) is 0 Å². The van der Waals surface area contributed by atoms with Crippen LogP contribution in [0.1, 0.15) is 24.8 Å². The van der Waals surface area contributed by atoms with Crippen LogP contribution >= 0.6 is 0 Å². The van der Waals surface area contributed by atoms with E-state index in [9.17, 15) is 0 Å². The van der Waals surface area contributed by atoms with E-state index >= 15 is 0 Å². The Labute approximate surface area is 116 Å². The summed E-state index contributed by atoms with van der Waals surface area (Å²) >= 11 is 1.24. The standard InChI is InChI=1S/C14H15.2FH.Hf/c1-2-7-13(8-3-1)11-6-12-14-9-4-5-10-14;;;/h1-4,7-9H,5-6,11-12H2;2*1H;. The predicted molar refractivity (Wildman–Crippen MR) is 65.2 cm³/mol. The summed E-state index contributed by atoms with van der Waals surface area (Å²) in [5.74, 6) is 0. The van der Waals surface area contributed by atoms with Gasteiger partial charge in [-0.25, -0.2) is 0 Å². The van der Waals surface area contributed by atoms with Gasteiger partial charge in [0.1, 0.15) is 0 Å². The molecule has 1 aliphatic rings. The van der Waals surface area contributed by atoms with E-state index < -0.39 is 0 Å². The molecule has 1 aromatic rings. The number of halogens is 2. The van der Waals surface area contributed by atoms with Crippen LogP contribution in [0, 0.1) is 0 Å². The van der Waals surface area contributed by atoms with Crippen molar-refractivity contribution in [1.29, 1.82) is 0 Å². The fourth-order valence-electron chi connectivity index (χ4n) is 1.91. The van der Waals surface area contributed by atoms with E-state index in [1.807, 2.05) is 0 Å². The molecule has 0 fully saturated rings. The van der Waals surface area contributed by atoms with E-state index in [0.717, 1.165) is 0 Å². The maximum absolute atomic E-state index is 2.33. The van der Waals surface area contributed by atoms with Gasteiger partial charge in [-0.15, -0.1) is 0 Å². The molecule has 0 heterocycles. The second-order valence-electron chi connectivity index (χ2n) is 3.95. The first-order valence-electron chi connectivity index (χ1n) is 5.50. The molecule has 0 amide bonds. The third kappa shape index (κ3) is 5.07. The fourth-order valence-corrected chi connectivity index (χ4v) is 3.08. The van der Waals surface area contributed by atoms with Crippen LogP contribution in [0.25, 0.3) is 0 Å². The van der Waals surface area contributed by atoms with E-state index in [1.54, 1.807) is 8.90 Å². The molecule has 17 heavy (non-hydrogen) atoms. The Balaban J connectivity index is 0.00000128. The van der Waals surface area contributed by atoms with Crippen LogP contribution in [0.2, 0.25) is 0 Å². The SMILES string of the molecule is F.F.[Hf][C]1=C(CCCc2ccccc2)C=CC1. The van der Waals surface area contributed by atoms with Crippen LogP contribution < -0.4 is 0 Å². The van der Waals surface area contributed by atoms with Crippen LogP contribution in [0.4, 0.5) is 9.41 Å². The molecule has 91 valence electrons. The second-order valence-corrected chi connectivity index (χ2v) is 6.12. The zero-order chi connectivity index (χ0) is 10.5. The first kappa shape index (κ1) is 16.4. The number of hydrogen-bond acceptors (Lipinski definition) is 0. The second kappa shape index (κ2) is 8.51. The van der Waals surface area contributed by atoms with Gasteiger partial charge in [0.25, 0.3) is 0 Å². The molecule has 0 unspecified atom stereocenters. The van der Waals surface area contributed by atoms with Crippen molar-refractivity contribution >= 4 is 0 Å². The fraction of sp³-hybridized carbons (Fsp3) is 0.286. The molecule has 0 N–H and O–H groups in total. The molecule has 1 aromatic carbocycles. The first-order chi connectivity index (χ1) is 7.36. The minimum atomic E-state index is 0. The summed E-state index contributed by atoms with van der Waals surface area (Å²) in [6.07, 6.45) is 9.63. The van der Waals surface area contributed by atoms with Gasteiger partial charge >= 0.3 is 107 Å². The van der Waals surface area contributed by atoms with Crippen LogP contribution in [0.5, 0.6) is 0 Å². The van der Waals surface area contributed by atoms with Gasteiger partial charge < -0.3 is 0 Å². The zero-order valence-corrected chi connectivity index (χ0v) is 13.3. The first-order valence-corrected chi connectivity index (χ1v) is 7.30. The average molecular weight is 402 g/mol. The molecule has 2 rings (SSSR count). The summed E-state index contributed by atoms with van der Waals surface area (Å²) in [5.41, 5.74) is 3.09. The van der Waals surface area contributed by atoms with Crippen molar-refractivity contribution in [2.75, 3.05) is 0 Å². The van der Waals surface area contributed by atoms with Gasteiger partial charge in [0.05, 0.1) is 0 Å². The third-order valence-corrected chi connectivity index (χ3v) is 4.67. The van der Waals surface area contributed by atoms with E-state index in [2.05, 4.69) is 42.5 Å². The Kier molecular flexibility index (Phi) is 8.23. The van der Waals surface area contributed by atoms with Gasteiger partial charge in [-0.05, 0) is 0 Å². The molecule has 0 aliphatic heterocycles. The Morgan fingerprint density at radius 2 is 1.71 bits per heavy atom. The quantitative estimate of drug-likeness (QED) is 0.667. The summed E-state index contributed by atoms with van der Waals surface area (Å²) in [5, 5.41) is 0. The van der Waals surface area contributed by atoms with Gasteiger partial charge in [-0.2, -0.15) is 0 Å². The van der Waals surface area contributed by atoms with E-state index in [4.69, 9.17) is 0 Å². The summed E-state index contributed by atoms with van der Waals surface area (Å²) < 4.78 is 1.70. The Morgan fingerprint density at radius 3 is 2.29 bits per heavy atom. The van der Waals surface area contributed by atoms with Crippen molar-refractivity contribution < 1.29 is 33.8 Å². The van der Waals surface area contributed by atoms with Crippen molar-refractivity contribution in [3.05, 3.63) is 57.0 Å². The average Bonchev–Trinajstić information content (AvgIpc) is 2.66. The molecule has 0 nitrogen and oxygen atoms in total. The maximum atomic E-state index is 2.33. The van der Waals surface area contributed by atoms with E-state index in [-0.39, 0.29) is 9.41 Å². The van der Waals surface area contributed by atoms with Crippen molar-refractivity contribution in [2.24, 2.45) is 0 Å². The van der Waals surface area contributed by atoms with Crippen molar-refractivity contribution in [2.45, 2.75) is 25.7 Å². The monoisotopic (exact) mass is 403 g/mol. The van der Waals surface area contributed by atoms with Crippen molar-refractivity contribution in [3.8, 4) is 0 Å². The molecule has 1 aliphatic carbocycles. The van der Waals surface area contributed by atoms with Gasteiger partial charge in [0.2, 0.25) is 0 Å². The molecule has 0 atom stereocenters. The zero-order valence-electron chi connectivity index (χ0n) is 9.69. The number of rotatable bonds is 4. The molecule has 3 heteroatoms. The number of allylic oxidation sites excluding steroid dienone is 4. The van der Waals surface area contributed by atoms with E-state index in [1.165, 1.54) is 55.6 Å². The summed E-state index contributed by atoms with van der Waals surface area (Å²) in [6, 6.07) is 10.8. The molecule has 0 saturated carbocycles. The van der Waals surface area contributed by atoms with Crippen LogP contribution in [0.15, 0.2) is 51.4 Å². The van der Waals surface area contributed by atoms with E-state index in [0.29, 0.717) is 0 Å². The number of benzene rings is 1. The predicted octanol–water partition coefficient (Wildman–Crippen LogP) is 4.08. The van der Waals surface area contributed by atoms with Crippen molar-refractivity contribution in [1.82, 2.24) is 0 Å². The third-order valence-electron chi connectivity index (χ3n) is 2.78. The summed E-state index contributed by atoms with van der Waals surface area (Å²) in [6.45, 7) is 0. The summed E-state index contributed by atoms with van der Waals surface area (Å²) in [7, 11) is 0. The van der Waals surface area contributed by atoms with Gasteiger partial charge in [-0.1, -0.05) is 0 Å². The topological polar surface area (TPSA) is 0 Å². The number of aryl methyl sites for hydroxylation is 1. The van der Waals surface area contributed by atoms with Gasteiger partial charge in [0.15, 0.2) is 0 Å². The minimum absolute atomic E-state index is 0. The molecule has 0 radical (unpaired) electrons. The summed E-state index contributed by atoms with van der Waals surface area (Å²) in [4.78, 5) is 0. The Hall–Kier alpha value is -0.570. The molecule has 0 bridgehead atoms. The van der Waals surface area contributed by atoms with Crippen LogP contribution in [-0.4, -0.2) is 0 Å². The Bertz CT molecular complexity index is 382. The van der Waals surface area contributed by atoms with Crippen molar-refractivity contribution in [3.63, 3.8) is 0 Å². The molecule has 0 saturated heterocycles. The normalized spacial score (nSPS) is 13.1. The Morgan fingerprint density at radius 1 is 1.00 bits per heavy atom. The van der Waals surface area contributed by atoms with Gasteiger partial charge in [0, 0.05) is 0 Å². The molecular formula is C14H17F2Hf. The van der Waals surface area contributed by atoms with Crippen LogP contribution in [-0.2, 0) is 30.8 Å². The molecule has 0 spiro atoms. The molecule has 0 aromatic heterocycles. The molecular weight excluding hydrogens is 385 g/mol. The van der Waals surface area contributed by atoms with Gasteiger partial charge in [-0.3, -0.25) is 9.41 Å².